The highest BCUT2D eigenvalue weighted by atomic mass is 32.2. The van der Waals surface area contributed by atoms with Crippen molar-refractivity contribution in [3.05, 3.63) is 89.7 Å². The van der Waals surface area contributed by atoms with Crippen molar-refractivity contribution in [2.24, 2.45) is 0 Å². The molecule has 1 saturated heterocycles. The highest BCUT2D eigenvalue weighted by Crippen LogP contribution is 2.56. The molecule has 2 heterocycles. The molecule has 7 heteroatoms. The quantitative estimate of drug-likeness (QED) is 0.614. The summed E-state index contributed by atoms with van der Waals surface area (Å²) in [5, 5.41) is 0. The van der Waals surface area contributed by atoms with E-state index >= 15 is 0 Å². The second-order valence-electron chi connectivity index (χ2n) is 7.36. The number of carbonyl (C=O) groups excluding carboxylic acids is 2. The van der Waals surface area contributed by atoms with E-state index in [0.29, 0.717) is 22.7 Å². The minimum absolute atomic E-state index is 0.0927. The van der Waals surface area contributed by atoms with Crippen molar-refractivity contribution in [1.29, 1.82) is 0 Å². The number of methoxy groups -OCH3 is 1. The van der Waals surface area contributed by atoms with Gasteiger partial charge in [0, 0.05) is 16.8 Å². The predicted molar refractivity (Wildman–Crippen MR) is 119 cm³/mol. The van der Waals surface area contributed by atoms with Crippen LogP contribution in [-0.4, -0.2) is 24.7 Å². The number of carbonyl (C=O) groups is 2. The van der Waals surface area contributed by atoms with Gasteiger partial charge in [-0.05, 0) is 36.4 Å². The summed E-state index contributed by atoms with van der Waals surface area (Å²) in [5.74, 6) is 0.0848. The molecular weight excluding hydrogens is 415 g/mol. The van der Waals surface area contributed by atoms with Gasteiger partial charge in [0.2, 0.25) is 10.8 Å². The Bertz CT molecular complexity index is 1180. The molecular formula is C24H19FN2O3S. The van der Waals surface area contributed by atoms with Crippen LogP contribution in [0.1, 0.15) is 11.1 Å². The van der Waals surface area contributed by atoms with E-state index in [1.54, 1.807) is 59.4 Å². The van der Waals surface area contributed by atoms with E-state index in [-0.39, 0.29) is 29.9 Å². The summed E-state index contributed by atoms with van der Waals surface area (Å²) >= 11 is 1.30. The first-order chi connectivity index (χ1) is 15.1. The van der Waals surface area contributed by atoms with E-state index < -0.39 is 4.87 Å². The van der Waals surface area contributed by atoms with E-state index in [2.05, 4.69) is 0 Å². The van der Waals surface area contributed by atoms with Crippen LogP contribution in [0.5, 0.6) is 5.75 Å². The number of benzene rings is 3. The number of fused-ring (bicyclic) bond motifs is 2. The molecule has 2 amide bonds. The molecule has 1 atom stereocenters. The number of rotatable bonds is 4. The van der Waals surface area contributed by atoms with E-state index in [4.69, 9.17) is 4.74 Å². The van der Waals surface area contributed by atoms with Crippen LogP contribution in [0.25, 0.3) is 0 Å². The monoisotopic (exact) mass is 434 g/mol. The maximum absolute atomic E-state index is 14.4. The van der Waals surface area contributed by atoms with Crippen LogP contribution in [0.3, 0.4) is 0 Å². The number of anilines is 2. The number of halogens is 1. The Hall–Kier alpha value is -3.32. The first-order valence-electron chi connectivity index (χ1n) is 9.82. The van der Waals surface area contributed by atoms with Gasteiger partial charge in [-0.1, -0.05) is 36.4 Å². The van der Waals surface area contributed by atoms with Crippen LogP contribution >= 0.6 is 11.8 Å². The fraction of sp³-hybridized carbons (Fsp3) is 0.167. The van der Waals surface area contributed by atoms with Crippen LogP contribution in [0, 0.1) is 5.82 Å². The highest BCUT2D eigenvalue weighted by Gasteiger charge is 2.60. The van der Waals surface area contributed by atoms with Crippen LogP contribution in [0.15, 0.2) is 72.8 Å². The van der Waals surface area contributed by atoms with E-state index in [0.717, 1.165) is 5.56 Å². The molecule has 31 heavy (non-hydrogen) atoms. The molecule has 0 aromatic heterocycles. The molecule has 3 aromatic carbocycles. The molecule has 0 aliphatic carbocycles. The molecule has 0 saturated carbocycles. The van der Waals surface area contributed by atoms with Gasteiger partial charge in [-0.15, -0.1) is 11.8 Å². The van der Waals surface area contributed by atoms with Gasteiger partial charge in [0.25, 0.3) is 5.91 Å². The number of amides is 2. The molecule has 0 radical (unpaired) electrons. The van der Waals surface area contributed by atoms with Crippen molar-refractivity contribution in [2.75, 3.05) is 22.7 Å². The summed E-state index contributed by atoms with van der Waals surface area (Å²) in [6.45, 7) is 0.0927. The van der Waals surface area contributed by atoms with Crippen LogP contribution in [-0.2, 0) is 21.0 Å². The maximum Gasteiger partial charge on any atom is 0.269 e. The smallest absolute Gasteiger partial charge is 0.269 e. The molecule has 3 aromatic rings. The van der Waals surface area contributed by atoms with Crippen molar-refractivity contribution >= 4 is 35.0 Å². The van der Waals surface area contributed by atoms with Gasteiger partial charge in [0.1, 0.15) is 11.6 Å². The largest absolute Gasteiger partial charge is 0.497 e. The van der Waals surface area contributed by atoms with Gasteiger partial charge in [-0.3, -0.25) is 14.5 Å². The topological polar surface area (TPSA) is 49.9 Å². The Morgan fingerprint density at radius 2 is 1.71 bits per heavy atom. The average molecular weight is 434 g/mol. The van der Waals surface area contributed by atoms with Crippen molar-refractivity contribution in [3.8, 4) is 5.75 Å². The van der Waals surface area contributed by atoms with Gasteiger partial charge in [0.05, 0.1) is 25.1 Å². The maximum atomic E-state index is 14.4. The third kappa shape index (κ3) is 2.91. The normalized spacial score (nSPS) is 19.9. The lowest BCUT2D eigenvalue weighted by molar-refractivity contribution is -0.123. The molecule has 0 N–H and O–H groups in total. The SMILES string of the molecule is COc1ccc(N2C(=O)CS[C@@]23C(=O)N(Cc2ccccc2F)c2ccccc23)cc1. The lowest BCUT2D eigenvalue weighted by atomic mass is 10.0. The summed E-state index contributed by atoms with van der Waals surface area (Å²) in [6.07, 6.45) is 0. The molecule has 0 unspecified atom stereocenters. The summed E-state index contributed by atoms with van der Waals surface area (Å²) in [6, 6.07) is 20.9. The van der Waals surface area contributed by atoms with Crippen molar-refractivity contribution in [3.63, 3.8) is 0 Å². The van der Waals surface area contributed by atoms with Gasteiger partial charge < -0.3 is 9.64 Å². The Kier molecular flexibility index (Phi) is 4.70. The van der Waals surface area contributed by atoms with Crippen molar-refractivity contribution < 1.29 is 18.7 Å². The Morgan fingerprint density at radius 3 is 2.45 bits per heavy atom. The van der Waals surface area contributed by atoms with Gasteiger partial charge in [0.15, 0.2) is 0 Å². The molecule has 1 spiro atoms. The first-order valence-corrected chi connectivity index (χ1v) is 10.8. The van der Waals surface area contributed by atoms with Crippen LogP contribution in [0.4, 0.5) is 15.8 Å². The zero-order valence-electron chi connectivity index (χ0n) is 16.7. The van der Waals surface area contributed by atoms with E-state index in [1.165, 1.54) is 17.8 Å². The minimum atomic E-state index is -1.21. The van der Waals surface area contributed by atoms with E-state index in [9.17, 15) is 14.0 Å². The van der Waals surface area contributed by atoms with Gasteiger partial charge in [-0.2, -0.15) is 0 Å². The average Bonchev–Trinajstić information content (AvgIpc) is 3.26. The van der Waals surface area contributed by atoms with Crippen LogP contribution < -0.4 is 14.5 Å². The number of nitrogens with zero attached hydrogens (tertiary/aromatic N) is 2. The molecule has 5 nitrogen and oxygen atoms in total. The molecule has 2 aliphatic heterocycles. The number of ether oxygens (including phenoxy) is 1. The lowest BCUT2D eigenvalue weighted by Crippen LogP contribution is -2.49. The van der Waals surface area contributed by atoms with Crippen molar-refractivity contribution in [1.82, 2.24) is 0 Å². The zero-order chi connectivity index (χ0) is 21.6. The number of thioether (sulfide) groups is 1. The molecule has 2 aliphatic rings. The van der Waals surface area contributed by atoms with Crippen LogP contribution in [0.2, 0.25) is 0 Å². The summed E-state index contributed by atoms with van der Waals surface area (Å²) in [7, 11) is 1.57. The Morgan fingerprint density at radius 1 is 1.00 bits per heavy atom. The fourth-order valence-corrected chi connectivity index (χ4v) is 5.60. The molecule has 1 fully saturated rings. The lowest BCUT2D eigenvalue weighted by Gasteiger charge is -2.33. The number of hydrogen-bond acceptors (Lipinski definition) is 4. The second kappa shape index (κ2) is 7.42. The summed E-state index contributed by atoms with van der Waals surface area (Å²) in [5.41, 5.74) is 2.47. The second-order valence-corrected chi connectivity index (χ2v) is 8.53. The minimum Gasteiger partial charge on any atom is -0.497 e. The van der Waals surface area contributed by atoms with E-state index in [1.807, 2.05) is 24.3 Å². The third-order valence-corrected chi connectivity index (χ3v) is 7.07. The third-order valence-electron chi connectivity index (χ3n) is 5.68. The standard InChI is InChI=1S/C24H19FN2O3S/c1-30-18-12-10-17(11-13-18)27-22(28)15-31-24(27)19-7-3-5-9-21(19)26(23(24)29)14-16-6-2-4-8-20(16)25/h2-13H,14-15H2,1H3/t24-/m0/s1. The number of para-hydroxylation sites is 1. The first kappa shape index (κ1) is 19.6. The van der Waals surface area contributed by atoms with Crippen molar-refractivity contribution in [2.45, 2.75) is 11.4 Å². The number of hydrogen-bond donors (Lipinski definition) is 0. The van der Waals surface area contributed by atoms with Gasteiger partial charge >= 0.3 is 0 Å². The van der Waals surface area contributed by atoms with Gasteiger partial charge in [-0.25, -0.2) is 4.39 Å². The fourth-order valence-electron chi connectivity index (χ4n) is 4.24. The molecule has 5 rings (SSSR count). The highest BCUT2D eigenvalue weighted by molar-refractivity contribution is 8.02. The summed E-state index contributed by atoms with van der Waals surface area (Å²) < 4.78 is 19.6. The summed E-state index contributed by atoms with van der Waals surface area (Å²) in [4.78, 5) is 28.9. The Labute approximate surface area is 183 Å². The molecule has 0 bridgehead atoms. The zero-order valence-corrected chi connectivity index (χ0v) is 17.6. The predicted octanol–water partition coefficient (Wildman–Crippen LogP) is 4.31. The Balaban J connectivity index is 1.63. The molecule has 156 valence electrons.